The van der Waals surface area contributed by atoms with E-state index < -0.39 is 23.1 Å². The first kappa shape index (κ1) is 31.5. The summed E-state index contributed by atoms with van der Waals surface area (Å²) in [5.74, 6) is -0.488. The fourth-order valence-corrected chi connectivity index (χ4v) is 5.65. The zero-order valence-electron chi connectivity index (χ0n) is 25.1. The van der Waals surface area contributed by atoms with Crippen LogP contribution in [0.2, 0.25) is 0 Å². The minimum atomic E-state index is -0.717. The largest absolute Gasteiger partial charge is 0.478 e. The Bertz CT molecular complexity index is 1410. The highest BCUT2D eigenvalue weighted by atomic mass is 32.1. The number of aldehydes is 1. The molecule has 4 rings (SSSR count). The normalized spacial score (nSPS) is 14.7. The second-order valence-corrected chi connectivity index (χ2v) is 12.5. The fourth-order valence-electron chi connectivity index (χ4n) is 4.37. The first-order valence-corrected chi connectivity index (χ1v) is 14.4. The van der Waals surface area contributed by atoms with Crippen molar-refractivity contribution in [3.05, 3.63) is 34.7 Å². The molecule has 1 aliphatic rings. The van der Waals surface area contributed by atoms with Gasteiger partial charge in [-0.3, -0.25) is 14.6 Å². The van der Waals surface area contributed by atoms with Crippen molar-refractivity contribution in [1.29, 1.82) is 0 Å². The van der Waals surface area contributed by atoms with Gasteiger partial charge < -0.3 is 19.5 Å². The molecule has 1 saturated heterocycles. The van der Waals surface area contributed by atoms with Crippen LogP contribution in [0.4, 0.5) is 20.8 Å². The highest BCUT2D eigenvalue weighted by Crippen LogP contribution is 2.40. The molecule has 3 aromatic rings. The summed E-state index contributed by atoms with van der Waals surface area (Å²) < 4.78 is 32.1. The van der Waals surface area contributed by atoms with E-state index in [1.54, 1.807) is 26.8 Å². The van der Waals surface area contributed by atoms with E-state index in [4.69, 9.17) is 14.2 Å². The number of halogens is 1. The first-order valence-electron chi connectivity index (χ1n) is 13.6. The van der Waals surface area contributed by atoms with E-state index in [9.17, 15) is 9.59 Å². The molecule has 0 radical (unpaired) electrons. The number of morpholine rings is 1. The smallest absolute Gasteiger partial charge is 0.435 e. The van der Waals surface area contributed by atoms with Crippen LogP contribution in [0.1, 0.15) is 49.9 Å². The number of hydrogen-bond donors (Lipinski definition) is 1. The van der Waals surface area contributed by atoms with E-state index in [1.807, 2.05) is 20.9 Å². The molecule has 4 heterocycles. The second kappa shape index (κ2) is 12.8. The molecule has 1 fully saturated rings. The molecule has 0 atom stereocenters. The molecule has 0 aromatic carbocycles. The topological polar surface area (TPSA) is 124 Å². The predicted molar refractivity (Wildman–Crippen MR) is 157 cm³/mol. The molecule has 0 amide bonds. The average Bonchev–Trinajstić information content (AvgIpc) is 3.57. The van der Waals surface area contributed by atoms with Gasteiger partial charge in [-0.15, -0.1) is 16.4 Å². The Morgan fingerprint density at radius 1 is 1.26 bits per heavy atom. The summed E-state index contributed by atoms with van der Waals surface area (Å²) in [6.07, 6.45) is 2.53. The summed E-state index contributed by atoms with van der Waals surface area (Å²) in [7, 11) is 3.42. The zero-order chi connectivity index (χ0) is 30.7. The molecule has 0 spiro atoms. The molecule has 42 heavy (non-hydrogen) atoms. The van der Waals surface area contributed by atoms with Crippen LogP contribution in [-0.2, 0) is 15.0 Å². The van der Waals surface area contributed by atoms with Gasteiger partial charge in [0.05, 0.1) is 43.1 Å². The first-order chi connectivity index (χ1) is 19.8. The van der Waals surface area contributed by atoms with Crippen molar-refractivity contribution >= 4 is 35.4 Å². The molecule has 0 aliphatic carbocycles. The summed E-state index contributed by atoms with van der Waals surface area (Å²) in [6.45, 7) is 14.3. The minimum absolute atomic E-state index is 0.0390. The number of nitrogens with one attached hydrogen (secondary N) is 1. The molecule has 12 nitrogen and oxygen atoms in total. The number of thiophene rings is 1. The Hall–Kier alpha value is -3.46. The monoisotopic (exact) mass is 603 g/mol. The van der Waals surface area contributed by atoms with Crippen LogP contribution in [0.5, 0.6) is 5.88 Å². The number of hydrogen-bond acceptors (Lipinski definition) is 12. The number of methoxy groups -OCH3 is 1. The molecular formula is C28H38FN7O5S. The Morgan fingerprint density at radius 2 is 1.98 bits per heavy atom. The van der Waals surface area contributed by atoms with Crippen LogP contribution in [0.25, 0.3) is 10.6 Å². The highest BCUT2D eigenvalue weighted by Gasteiger charge is 2.32. The number of rotatable bonds is 10. The molecule has 14 heteroatoms. The van der Waals surface area contributed by atoms with Gasteiger partial charge in [0, 0.05) is 36.6 Å². The summed E-state index contributed by atoms with van der Waals surface area (Å²) in [5, 5.41) is 7.04. The number of ether oxygens (including phenoxy) is 3. The molecule has 228 valence electrons. The van der Waals surface area contributed by atoms with Crippen LogP contribution in [-0.4, -0.2) is 101 Å². The molecule has 0 unspecified atom stereocenters. The van der Waals surface area contributed by atoms with Gasteiger partial charge in [-0.25, -0.2) is 19.2 Å². The van der Waals surface area contributed by atoms with Crippen molar-refractivity contribution in [3.63, 3.8) is 0 Å². The van der Waals surface area contributed by atoms with Crippen LogP contribution in [0.15, 0.2) is 18.5 Å². The fraction of sp³-hybridized carbons (Fsp3) is 0.536. The van der Waals surface area contributed by atoms with E-state index in [0.717, 1.165) is 61.4 Å². The Morgan fingerprint density at radius 3 is 2.62 bits per heavy atom. The van der Waals surface area contributed by atoms with Crippen molar-refractivity contribution in [2.24, 2.45) is 0 Å². The highest BCUT2D eigenvalue weighted by molar-refractivity contribution is 7.16. The zero-order valence-corrected chi connectivity index (χ0v) is 25.9. The maximum Gasteiger partial charge on any atom is 0.435 e. The SMILES string of the molecule is COc1nn(C(=O)OC(C)(C)C)cc1Nc1ncc(F)c(-c2cc(C=O)c(C(C)(C)N(C)CCN3CCOCC3)s2)n1. The third-order valence-corrected chi connectivity index (χ3v) is 8.40. The Kier molecular flexibility index (Phi) is 9.60. The summed E-state index contributed by atoms with van der Waals surface area (Å²) in [4.78, 5) is 38.9. The van der Waals surface area contributed by atoms with E-state index in [2.05, 4.69) is 30.2 Å². The van der Waals surface area contributed by atoms with Gasteiger partial charge >= 0.3 is 6.09 Å². The van der Waals surface area contributed by atoms with Crippen molar-refractivity contribution in [2.75, 3.05) is 58.9 Å². The Labute approximate surface area is 248 Å². The maximum atomic E-state index is 15.1. The third kappa shape index (κ3) is 7.30. The van der Waals surface area contributed by atoms with Crippen molar-refractivity contribution in [1.82, 2.24) is 29.5 Å². The van der Waals surface area contributed by atoms with E-state index >= 15 is 4.39 Å². The van der Waals surface area contributed by atoms with Crippen LogP contribution in [0.3, 0.4) is 0 Å². The maximum absolute atomic E-state index is 15.1. The quantitative estimate of drug-likeness (QED) is 0.332. The summed E-state index contributed by atoms with van der Waals surface area (Å²) >= 11 is 1.32. The van der Waals surface area contributed by atoms with E-state index in [-0.39, 0.29) is 23.2 Å². The van der Waals surface area contributed by atoms with Gasteiger partial charge in [0.25, 0.3) is 5.88 Å². The summed E-state index contributed by atoms with van der Waals surface area (Å²) in [6, 6.07) is 1.65. The molecule has 1 aliphatic heterocycles. The lowest BCUT2D eigenvalue weighted by Gasteiger charge is -2.37. The minimum Gasteiger partial charge on any atom is -0.478 e. The van der Waals surface area contributed by atoms with Crippen molar-refractivity contribution < 1.29 is 28.2 Å². The number of anilines is 2. The molecule has 1 N–H and O–H groups in total. The molecule has 0 bridgehead atoms. The van der Waals surface area contributed by atoms with E-state index in [1.165, 1.54) is 24.6 Å². The lowest BCUT2D eigenvalue weighted by molar-refractivity contribution is 0.0287. The van der Waals surface area contributed by atoms with Crippen LogP contribution >= 0.6 is 11.3 Å². The third-order valence-electron chi connectivity index (χ3n) is 6.93. The number of likely N-dealkylation sites (N-methyl/N-ethyl adjacent to an activating group) is 1. The molecule has 0 saturated carbocycles. The number of carbonyl (C=O) groups excluding carboxylic acids is 2. The van der Waals surface area contributed by atoms with Gasteiger partial charge in [0.1, 0.15) is 17.0 Å². The van der Waals surface area contributed by atoms with Gasteiger partial charge in [-0.05, 0) is 47.7 Å². The van der Waals surface area contributed by atoms with Gasteiger partial charge in [-0.2, -0.15) is 4.68 Å². The number of aromatic nitrogens is 4. The molecule has 3 aromatic heterocycles. The number of carbonyl (C=O) groups is 2. The predicted octanol–water partition coefficient (Wildman–Crippen LogP) is 4.39. The van der Waals surface area contributed by atoms with Crippen molar-refractivity contribution in [2.45, 2.75) is 45.8 Å². The average molecular weight is 604 g/mol. The number of nitrogens with zero attached hydrogens (tertiary/aromatic N) is 6. The van der Waals surface area contributed by atoms with Crippen molar-refractivity contribution in [3.8, 4) is 16.5 Å². The van der Waals surface area contributed by atoms with Gasteiger partial charge in [-0.1, -0.05) is 0 Å². The standard InChI is InChI=1S/C28H38FN7O5S/c1-27(2,3)41-26(38)36-16-20(24(33-36)39-7)31-25-30-15-19(29)22(32-25)21-14-18(17-37)23(42-21)28(4,5)34(6)8-9-35-10-12-40-13-11-35/h14-17H,8-13H2,1-7H3,(H,30,31,32). The second-order valence-electron chi connectivity index (χ2n) is 11.4. The van der Waals surface area contributed by atoms with Gasteiger partial charge in [0.2, 0.25) is 5.95 Å². The molecular weight excluding hydrogens is 565 g/mol. The van der Waals surface area contributed by atoms with Crippen LogP contribution < -0.4 is 10.1 Å². The van der Waals surface area contributed by atoms with E-state index in [0.29, 0.717) is 10.4 Å². The Balaban J connectivity index is 1.57. The lowest BCUT2D eigenvalue weighted by Crippen LogP contribution is -2.45. The summed E-state index contributed by atoms with van der Waals surface area (Å²) in [5.41, 5.74) is -0.419. The van der Waals surface area contributed by atoms with Crippen LogP contribution in [0, 0.1) is 5.82 Å². The van der Waals surface area contributed by atoms with Gasteiger partial charge in [0.15, 0.2) is 12.1 Å². The lowest BCUT2D eigenvalue weighted by atomic mass is 9.97.